The first-order valence-corrected chi connectivity index (χ1v) is 12.5. The van der Waals surface area contributed by atoms with Crippen molar-refractivity contribution >= 4 is 18.0 Å². The van der Waals surface area contributed by atoms with Crippen LogP contribution < -0.4 is 5.32 Å². The summed E-state index contributed by atoms with van der Waals surface area (Å²) < 4.78 is 5.66. The second-order valence-electron chi connectivity index (χ2n) is 10.3. The Morgan fingerprint density at radius 2 is 1.51 bits per heavy atom. The maximum atomic E-state index is 13.1. The van der Waals surface area contributed by atoms with E-state index >= 15 is 0 Å². The number of benzene rings is 2. The number of hydrogen-bond acceptors (Lipinski definition) is 4. The molecule has 0 unspecified atom stereocenters. The molecule has 2 fully saturated rings. The smallest absolute Gasteiger partial charge is 0.407 e. The number of alkyl carbamates (subject to hydrolysis) is 1. The zero-order chi connectivity index (χ0) is 24.6. The first kappa shape index (κ1) is 23.4. The number of amides is 2. The number of carbonyl (C=O) groups excluding carboxylic acids is 2. The molecule has 3 aliphatic rings. The van der Waals surface area contributed by atoms with Crippen molar-refractivity contribution in [2.75, 3.05) is 13.7 Å². The van der Waals surface area contributed by atoms with Gasteiger partial charge >= 0.3 is 12.1 Å². The van der Waals surface area contributed by atoms with Crippen molar-refractivity contribution in [2.24, 2.45) is 0 Å². The normalized spacial score (nSPS) is 19.2. The molecular weight excluding hydrogens is 444 g/mol. The summed E-state index contributed by atoms with van der Waals surface area (Å²) >= 11 is 0. The average Bonchev–Trinajstić information content (AvgIpc) is 3.54. The summed E-state index contributed by atoms with van der Waals surface area (Å²) in [5.41, 5.74) is 2.83. The molecule has 2 aromatic rings. The van der Waals surface area contributed by atoms with Crippen LogP contribution in [0.25, 0.3) is 11.1 Å². The highest BCUT2D eigenvalue weighted by molar-refractivity contribution is 5.88. The molecule has 2 saturated carbocycles. The molecule has 0 aromatic heterocycles. The summed E-state index contributed by atoms with van der Waals surface area (Å²) in [6, 6.07) is 16.3. The van der Waals surface area contributed by atoms with Gasteiger partial charge in [-0.3, -0.25) is 4.79 Å². The highest BCUT2D eigenvalue weighted by Crippen LogP contribution is 2.45. The molecule has 2 aromatic carbocycles. The van der Waals surface area contributed by atoms with Crippen LogP contribution in [0.3, 0.4) is 0 Å². The topological polar surface area (TPSA) is 95.9 Å². The molecule has 0 atom stereocenters. The lowest BCUT2D eigenvalue weighted by Crippen LogP contribution is -2.57. The Morgan fingerprint density at radius 3 is 2.06 bits per heavy atom. The number of carbonyl (C=O) groups is 3. The second-order valence-corrected chi connectivity index (χ2v) is 10.3. The number of ether oxygens (including phenoxy) is 1. The van der Waals surface area contributed by atoms with Crippen molar-refractivity contribution in [3.8, 4) is 11.1 Å². The zero-order valence-corrected chi connectivity index (χ0v) is 20.1. The molecule has 0 spiro atoms. The number of rotatable bonds is 7. The molecule has 2 N–H and O–H groups in total. The van der Waals surface area contributed by atoms with Gasteiger partial charge in [0.25, 0.3) is 0 Å². The number of likely N-dealkylation sites (N-methyl/N-ethyl adjacent to an activating group) is 1. The average molecular weight is 477 g/mol. The lowest BCUT2D eigenvalue weighted by atomic mass is 9.80. The highest BCUT2D eigenvalue weighted by atomic mass is 16.5. The molecule has 7 nitrogen and oxygen atoms in total. The quantitative estimate of drug-likeness (QED) is 0.604. The minimum atomic E-state index is -1.14. The largest absolute Gasteiger partial charge is 0.479 e. The first-order valence-electron chi connectivity index (χ1n) is 12.5. The van der Waals surface area contributed by atoms with Gasteiger partial charge in [0.1, 0.15) is 12.1 Å². The van der Waals surface area contributed by atoms with Crippen molar-refractivity contribution in [3.63, 3.8) is 0 Å². The highest BCUT2D eigenvalue weighted by Gasteiger charge is 2.51. The van der Waals surface area contributed by atoms with Crippen LogP contribution in [0.5, 0.6) is 0 Å². The summed E-state index contributed by atoms with van der Waals surface area (Å²) in [4.78, 5) is 39.3. The number of nitrogens with zero attached hydrogens (tertiary/aromatic N) is 1. The molecule has 35 heavy (non-hydrogen) atoms. The summed E-state index contributed by atoms with van der Waals surface area (Å²) in [6.07, 6.45) is 4.43. The third-order valence-corrected chi connectivity index (χ3v) is 8.15. The Balaban J connectivity index is 1.21. The van der Waals surface area contributed by atoms with Crippen LogP contribution in [0.1, 0.15) is 68.4 Å². The van der Waals surface area contributed by atoms with Crippen molar-refractivity contribution < 1.29 is 24.2 Å². The maximum absolute atomic E-state index is 13.1. The monoisotopic (exact) mass is 476 g/mol. The number of hydrogen-bond donors (Lipinski definition) is 2. The Kier molecular flexibility index (Phi) is 6.03. The fourth-order valence-electron chi connectivity index (χ4n) is 5.82. The summed E-state index contributed by atoms with van der Waals surface area (Å²) in [5.74, 6) is -1.22. The number of carboxylic acids is 1. The third-order valence-electron chi connectivity index (χ3n) is 8.15. The van der Waals surface area contributed by atoms with E-state index in [0.717, 1.165) is 30.4 Å². The van der Waals surface area contributed by atoms with E-state index in [1.165, 1.54) is 16.0 Å². The number of nitrogens with one attached hydrogen (secondary N) is 1. The van der Waals surface area contributed by atoms with E-state index < -0.39 is 23.1 Å². The minimum Gasteiger partial charge on any atom is -0.479 e. The van der Waals surface area contributed by atoms with E-state index in [9.17, 15) is 19.5 Å². The Morgan fingerprint density at radius 1 is 0.943 bits per heavy atom. The van der Waals surface area contributed by atoms with E-state index in [2.05, 4.69) is 29.6 Å². The molecule has 0 saturated heterocycles. The van der Waals surface area contributed by atoms with E-state index in [0.29, 0.717) is 25.7 Å². The van der Waals surface area contributed by atoms with Gasteiger partial charge in [0, 0.05) is 13.0 Å². The van der Waals surface area contributed by atoms with Crippen LogP contribution in [0.2, 0.25) is 0 Å². The predicted octanol–water partition coefficient (Wildman–Crippen LogP) is 4.69. The van der Waals surface area contributed by atoms with Gasteiger partial charge in [-0.15, -0.1) is 0 Å². The van der Waals surface area contributed by atoms with Gasteiger partial charge in [-0.05, 0) is 47.9 Å². The van der Waals surface area contributed by atoms with E-state index in [4.69, 9.17) is 4.74 Å². The van der Waals surface area contributed by atoms with Gasteiger partial charge in [0.15, 0.2) is 0 Å². The SMILES string of the molecule is CN(C(=O)CC1(NC(=O)OCC2c3ccccc3-c3ccccc32)CC1)C1(C(=O)O)CCCCC1. The standard InChI is InChI=1S/C28H32N2O5/c1-30(28(25(32)33)13-7-2-8-14-28)24(31)17-27(15-16-27)29-26(34)35-18-23-21-11-5-3-9-19(21)20-10-4-6-12-22(20)23/h3-6,9-12,23H,2,7-8,13-18H2,1H3,(H,29,34)(H,32,33). The molecule has 3 aliphatic carbocycles. The summed E-state index contributed by atoms with van der Waals surface area (Å²) in [7, 11) is 1.59. The third kappa shape index (κ3) is 4.28. The van der Waals surface area contributed by atoms with Gasteiger partial charge in [0.2, 0.25) is 5.91 Å². The van der Waals surface area contributed by atoms with Gasteiger partial charge in [0.05, 0.1) is 12.0 Å². The first-order chi connectivity index (χ1) is 16.9. The van der Waals surface area contributed by atoms with E-state index in [1.807, 2.05) is 24.3 Å². The predicted molar refractivity (Wildman–Crippen MR) is 131 cm³/mol. The Labute approximate surface area is 205 Å². The molecule has 184 valence electrons. The molecule has 7 heteroatoms. The molecule has 0 aliphatic heterocycles. The molecular formula is C28H32N2O5. The van der Waals surface area contributed by atoms with Gasteiger partial charge in [-0.1, -0.05) is 67.8 Å². The molecule has 0 heterocycles. The van der Waals surface area contributed by atoms with Crippen LogP contribution in [-0.4, -0.2) is 52.7 Å². The van der Waals surface area contributed by atoms with Crippen molar-refractivity contribution in [1.82, 2.24) is 10.2 Å². The second kappa shape index (κ2) is 9.02. The lowest BCUT2D eigenvalue weighted by Gasteiger charge is -2.41. The molecule has 2 amide bonds. The van der Waals surface area contributed by atoms with Crippen molar-refractivity contribution in [3.05, 3.63) is 59.7 Å². The number of carboxylic acid groups (broad SMARTS) is 1. The van der Waals surface area contributed by atoms with Gasteiger partial charge in [-0.2, -0.15) is 0 Å². The lowest BCUT2D eigenvalue weighted by molar-refractivity contribution is -0.160. The molecule has 0 bridgehead atoms. The minimum absolute atomic E-state index is 0.0298. The summed E-state index contributed by atoms with van der Waals surface area (Å²) in [5, 5.41) is 12.8. The van der Waals surface area contributed by atoms with Crippen LogP contribution in [-0.2, 0) is 14.3 Å². The summed E-state index contributed by atoms with van der Waals surface area (Å²) in [6.45, 7) is 0.214. The van der Waals surface area contributed by atoms with Gasteiger partial charge < -0.3 is 20.1 Å². The van der Waals surface area contributed by atoms with Crippen LogP contribution in [0.15, 0.2) is 48.5 Å². The van der Waals surface area contributed by atoms with Crippen LogP contribution in [0, 0.1) is 0 Å². The van der Waals surface area contributed by atoms with Crippen molar-refractivity contribution in [1.29, 1.82) is 0 Å². The van der Waals surface area contributed by atoms with Crippen LogP contribution >= 0.6 is 0 Å². The van der Waals surface area contributed by atoms with Gasteiger partial charge in [-0.25, -0.2) is 9.59 Å². The van der Waals surface area contributed by atoms with E-state index in [1.54, 1.807) is 7.05 Å². The fourth-order valence-corrected chi connectivity index (χ4v) is 5.82. The Hall–Kier alpha value is -3.35. The van der Waals surface area contributed by atoms with E-state index in [-0.39, 0.29) is 24.9 Å². The Bertz CT molecular complexity index is 1100. The molecule has 0 radical (unpaired) electrons. The zero-order valence-electron chi connectivity index (χ0n) is 20.1. The molecule has 5 rings (SSSR count). The maximum Gasteiger partial charge on any atom is 0.407 e. The van der Waals surface area contributed by atoms with Crippen molar-refractivity contribution in [2.45, 2.75) is 68.4 Å². The fraction of sp³-hybridized carbons (Fsp3) is 0.464. The number of aliphatic carboxylic acids is 1. The number of fused-ring (bicyclic) bond motifs is 3. The van der Waals surface area contributed by atoms with Crippen LogP contribution in [0.4, 0.5) is 4.79 Å².